The number of anilines is 1. The molecule has 6 nitrogen and oxygen atoms in total. The summed E-state index contributed by atoms with van der Waals surface area (Å²) in [5, 5.41) is 14.1. The third kappa shape index (κ3) is 4.22. The second-order valence-corrected chi connectivity index (χ2v) is 4.35. The predicted molar refractivity (Wildman–Crippen MR) is 60.4 cm³/mol. The van der Waals surface area contributed by atoms with Gasteiger partial charge >= 0.3 is 5.00 Å². The van der Waals surface area contributed by atoms with Gasteiger partial charge in [-0.2, -0.15) is 0 Å². The van der Waals surface area contributed by atoms with Gasteiger partial charge in [-0.15, -0.1) is 0 Å². The van der Waals surface area contributed by atoms with Crippen molar-refractivity contribution in [2.24, 2.45) is 0 Å². The van der Waals surface area contributed by atoms with E-state index in [0.29, 0.717) is 5.13 Å². The van der Waals surface area contributed by atoms with E-state index in [1.54, 1.807) is 0 Å². The standard InChI is InChI=1S/C8H14N4O2S/c1-11(2)5-3-4-9-8-10-6-7(15-8)12(13)14/h6H,3-5H2,1-2H3,(H,9,10). The fourth-order valence-corrected chi connectivity index (χ4v) is 1.68. The number of hydrogen-bond donors (Lipinski definition) is 1. The van der Waals surface area contributed by atoms with E-state index in [1.807, 2.05) is 14.1 Å². The molecule has 1 aromatic rings. The number of rotatable bonds is 6. The summed E-state index contributed by atoms with van der Waals surface area (Å²) in [6.07, 6.45) is 2.26. The van der Waals surface area contributed by atoms with Crippen molar-refractivity contribution in [1.29, 1.82) is 0 Å². The van der Waals surface area contributed by atoms with Gasteiger partial charge in [0.05, 0.1) is 4.92 Å². The van der Waals surface area contributed by atoms with E-state index in [0.717, 1.165) is 30.8 Å². The van der Waals surface area contributed by atoms with Crippen LogP contribution in [0.15, 0.2) is 6.20 Å². The molecule has 0 aliphatic carbocycles. The molecule has 0 aliphatic rings. The van der Waals surface area contributed by atoms with Crippen LogP contribution in [-0.4, -0.2) is 42.0 Å². The molecule has 7 heteroatoms. The van der Waals surface area contributed by atoms with Crippen molar-refractivity contribution in [3.63, 3.8) is 0 Å². The lowest BCUT2D eigenvalue weighted by atomic mass is 10.4. The number of nitro groups is 1. The molecular weight excluding hydrogens is 216 g/mol. The lowest BCUT2D eigenvalue weighted by Gasteiger charge is -2.08. The minimum Gasteiger partial charge on any atom is -0.361 e. The fraction of sp³-hybridized carbons (Fsp3) is 0.625. The predicted octanol–water partition coefficient (Wildman–Crippen LogP) is 1.41. The van der Waals surface area contributed by atoms with Crippen LogP contribution in [0.25, 0.3) is 0 Å². The first-order valence-electron chi connectivity index (χ1n) is 4.58. The SMILES string of the molecule is CN(C)CCCNc1ncc([N+](=O)[O-])s1. The smallest absolute Gasteiger partial charge is 0.345 e. The van der Waals surface area contributed by atoms with Crippen molar-refractivity contribution >= 4 is 21.5 Å². The van der Waals surface area contributed by atoms with E-state index in [2.05, 4.69) is 15.2 Å². The number of aromatic nitrogens is 1. The van der Waals surface area contributed by atoms with E-state index in [4.69, 9.17) is 0 Å². The summed E-state index contributed by atoms with van der Waals surface area (Å²) in [5.74, 6) is 0. The first kappa shape index (κ1) is 11.9. The van der Waals surface area contributed by atoms with Crippen LogP contribution in [0.1, 0.15) is 6.42 Å². The van der Waals surface area contributed by atoms with Crippen molar-refractivity contribution in [2.75, 3.05) is 32.5 Å². The molecule has 0 saturated heterocycles. The molecule has 15 heavy (non-hydrogen) atoms. The van der Waals surface area contributed by atoms with E-state index in [1.165, 1.54) is 6.20 Å². The minimum absolute atomic E-state index is 0.0742. The molecule has 1 N–H and O–H groups in total. The highest BCUT2D eigenvalue weighted by Gasteiger charge is 2.10. The zero-order valence-corrected chi connectivity index (χ0v) is 9.58. The van der Waals surface area contributed by atoms with Crippen LogP contribution in [-0.2, 0) is 0 Å². The largest absolute Gasteiger partial charge is 0.361 e. The second-order valence-electron chi connectivity index (χ2n) is 3.34. The molecule has 0 unspecified atom stereocenters. The van der Waals surface area contributed by atoms with Crippen molar-refractivity contribution < 1.29 is 4.92 Å². The Morgan fingerprint density at radius 3 is 2.93 bits per heavy atom. The Bertz CT molecular complexity index is 326. The third-order valence-electron chi connectivity index (χ3n) is 1.73. The van der Waals surface area contributed by atoms with Gasteiger partial charge in [0.15, 0.2) is 5.13 Å². The molecule has 0 bridgehead atoms. The summed E-state index contributed by atoms with van der Waals surface area (Å²) < 4.78 is 0. The molecule has 1 rings (SSSR count). The summed E-state index contributed by atoms with van der Waals surface area (Å²) in [4.78, 5) is 15.9. The number of thiazole rings is 1. The van der Waals surface area contributed by atoms with Gasteiger partial charge in [-0.05, 0) is 38.4 Å². The van der Waals surface area contributed by atoms with Gasteiger partial charge in [0.25, 0.3) is 0 Å². The molecule has 0 fully saturated rings. The van der Waals surface area contributed by atoms with Gasteiger partial charge < -0.3 is 10.2 Å². The maximum atomic E-state index is 10.4. The molecular formula is C8H14N4O2S. The average Bonchev–Trinajstić information content (AvgIpc) is 2.60. The monoisotopic (exact) mass is 230 g/mol. The quantitative estimate of drug-likeness (QED) is 0.454. The van der Waals surface area contributed by atoms with Crippen molar-refractivity contribution in [3.8, 4) is 0 Å². The molecule has 0 aliphatic heterocycles. The maximum absolute atomic E-state index is 10.4. The molecule has 0 saturated carbocycles. The van der Waals surface area contributed by atoms with Gasteiger partial charge in [0.1, 0.15) is 6.20 Å². The molecule has 1 aromatic heterocycles. The van der Waals surface area contributed by atoms with E-state index < -0.39 is 4.92 Å². The Balaban J connectivity index is 2.29. The highest BCUT2D eigenvalue weighted by molar-refractivity contribution is 7.18. The van der Waals surface area contributed by atoms with Crippen LogP contribution in [0, 0.1) is 10.1 Å². The summed E-state index contributed by atoms with van der Waals surface area (Å²) >= 11 is 1.06. The zero-order chi connectivity index (χ0) is 11.3. The summed E-state index contributed by atoms with van der Waals surface area (Å²) in [6.45, 7) is 1.77. The van der Waals surface area contributed by atoms with E-state index >= 15 is 0 Å². The highest BCUT2D eigenvalue weighted by atomic mass is 32.1. The van der Waals surface area contributed by atoms with E-state index in [9.17, 15) is 10.1 Å². The Kier molecular flexibility index (Phi) is 4.44. The zero-order valence-electron chi connectivity index (χ0n) is 8.77. The molecule has 0 spiro atoms. The van der Waals surface area contributed by atoms with Gasteiger partial charge in [0, 0.05) is 6.54 Å². The van der Waals surface area contributed by atoms with Gasteiger partial charge in [-0.3, -0.25) is 10.1 Å². The van der Waals surface area contributed by atoms with Gasteiger partial charge in [-0.25, -0.2) is 4.98 Å². The molecule has 0 aromatic carbocycles. The second kappa shape index (κ2) is 5.62. The molecule has 0 radical (unpaired) electrons. The van der Waals surface area contributed by atoms with E-state index in [-0.39, 0.29) is 5.00 Å². The summed E-state index contributed by atoms with van der Waals surface area (Å²) in [5.41, 5.74) is 0. The Labute approximate surface area is 92.1 Å². The van der Waals surface area contributed by atoms with Gasteiger partial charge in [0.2, 0.25) is 0 Å². The Morgan fingerprint density at radius 2 is 2.40 bits per heavy atom. The number of hydrogen-bond acceptors (Lipinski definition) is 6. The minimum atomic E-state index is -0.428. The van der Waals surface area contributed by atoms with Crippen LogP contribution >= 0.6 is 11.3 Å². The topological polar surface area (TPSA) is 71.3 Å². The lowest BCUT2D eigenvalue weighted by Crippen LogP contribution is -2.16. The average molecular weight is 230 g/mol. The summed E-state index contributed by atoms with van der Waals surface area (Å²) in [7, 11) is 4.02. The highest BCUT2D eigenvalue weighted by Crippen LogP contribution is 2.24. The number of nitrogens with one attached hydrogen (secondary N) is 1. The van der Waals surface area contributed by atoms with Crippen LogP contribution < -0.4 is 5.32 Å². The normalized spacial score (nSPS) is 10.6. The lowest BCUT2D eigenvalue weighted by molar-refractivity contribution is -0.380. The van der Waals surface area contributed by atoms with Crippen LogP contribution in [0.2, 0.25) is 0 Å². The Hall–Kier alpha value is -1.21. The molecule has 1 heterocycles. The maximum Gasteiger partial charge on any atom is 0.345 e. The Morgan fingerprint density at radius 1 is 1.67 bits per heavy atom. The first-order valence-corrected chi connectivity index (χ1v) is 5.40. The molecule has 84 valence electrons. The fourth-order valence-electron chi connectivity index (χ4n) is 1.02. The van der Waals surface area contributed by atoms with Crippen molar-refractivity contribution in [3.05, 3.63) is 16.3 Å². The molecule has 0 amide bonds. The third-order valence-corrected chi connectivity index (χ3v) is 2.64. The first-order chi connectivity index (χ1) is 7.09. The van der Waals surface area contributed by atoms with Crippen LogP contribution in [0.4, 0.5) is 10.1 Å². The number of nitrogens with zero attached hydrogens (tertiary/aromatic N) is 3. The summed E-state index contributed by atoms with van der Waals surface area (Å²) in [6, 6.07) is 0. The van der Waals surface area contributed by atoms with Crippen molar-refractivity contribution in [2.45, 2.75) is 6.42 Å². The molecule has 0 atom stereocenters. The van der Waals surface area contributed by atoms with Gasteiger partial charge in [-0.1, -0.05) is 0 Å². The van der Waals surface area contributed by atoms with Crippen molar-refractivity contribution in [1.82, 2.24) is 9.88 Å². The van der Waals surface area contributed by atoms with Crippen LogP contribution in [0.5, 0.6) is 0 Å². The van der Waals surface area contributed by atoms with Crippen LogP contribution in [0.3, 0.4) is 0 Å².